The Morgan fingerprint density at radius 3 is 1.66 bits per heavy atom. The molecule has 1 aliphatic rings. The topological polar surface area (TPSA) is 233 Å². The molecule has 0 bridgehead atoms. The molecule has 0 spiro atoms. The van der Waals surface area contributed by atoms with E-state index in [0.717, 1.165) is 16.7 Å². The van der Waals surface area contributed by atoms with Gasteiger partial charge in [-0.05, 0) is 78.5 Å². The number of amides is 6. The number of hydrogen-bond donors (Lipinski definition) is 4. The van der Waals surface area contributed by atoms with Crippen LogP contribution in [-0.4, -0.2) is 97.6 Å². The molecule has 2 atom stereocenters. The molecule has 0 unspecified atom stereocenters. The van der Waals surface area contributed by atoms with Gasteiger partial charge >= 0.3 is 18.0 Å². The van der Waals surface area contributed by atoms with E-state index >= 15 is 0 Å². The second-order valence-corrected chi connectivity index (χ2v) is 18.5. The number of imidazole rings is 1. The standard InChI is InChI=1S/C49H59N7O11/c1-46(2,3)65-40(59)27-24-36(42(61)50-29-41(60)67-56-38(57)25-26-39(56)58)52-44(63)48(7,8)54-43(62)37(53-45(64)66-47(4,5)6)28-35-30-55(31-51-35)49(32-18-12-9-13-19-32,33-20-14-10-15-21-33)34-22-16-11-17-23-34/h9-23,30-31,36-37H,24-29H2,1-8H3,(H,50,61)(H,52,63)(H,53,64)(H,54,62)/t36-,37-/m0/s1. The number of nitrogens with one attached hydrogen (secondary N) is 4. The normalized spacial score (nSPS) is 14.1. The third kappa shape index (κ3) is 13.6. The van der Waals surface area contributed by atoms with Crippen LogP contribution in [-0.2, 0) is 59.8 Å². The van der Waals surface area contributed by atoms with Crippen molar-refractivity contribution in [2.24, 2.45) is 0 Å². The third-order valence-corrected chi connectivity index (χ3v) is 10.3. The van der Waals surface area contributed by atoms with Crippen molar-refractivity contribution in [3.63, 3.8) is 0 Å². The number of hydroxylamine groups is 2. The van der Waals surface area contributed by atoms with Gasteiger partial charge in [-0.1, -0.05) is 91.0 Å². The van der Waals surface area contributed by atoms with Gasteiger partial charge in [-0.15, -0.1) is 5.06 Å². The Kier molecular flexibility index (Phi) is 16.1. The first kappa shape index (κ1) is 50.6. The number of hydrogen-bond acceptors (Lipinski definition) is 12. The van der Waals surface area contributed by atoms with Gasteiger partial charge in [-0.2, -0.15) is 0 Å². The van der Waals surface area contributed by atoms with E-state index in [-0.39, 0.29) is 32.1 Å². The zero-order valence-electron chi connectivity index (χ0n) is 39.0. The Bertz CT molecular complexity index is 2310. The summed E-state index contributed by atoms with van der Waals surface area (Å²) < 4.78 is 12.9. The van der Waals surface area contributed by atoms with E-state index in [1.165, 1.54) is 13.8 Å². The van der Waals surface area contributed by atoms with E-state index < -0.39 is 88.5 Å². The molecule has 356 valence electrons. The first-order chi connectivity index (χ1) is 31.5. The molecule has 18 heteroatoms. The summed E-state index contributed by atoms with van der Waals surface area (Å²) in [7, 11) is 0. The number of esters is 1. The molecule has 5 rings (SSSR count). The van der Waals surface area contributed by atoms with Crippen molar-refractivity contribution in [2.75, 3.05) is 6.54 Å². The summed E-state index contributed by atoms with van der Waals surface area (Å²) in [6.07, 6.45) is 1.50. The second-order valence-electron chi connectivity index (χ2n) is 18.5. The molecule has 2 heterocycles. The van der Waals surface area contributed by atoms with Gasteiger partial charge < -0.3 is 40.1 Å². The lowest BCUT2D eigenvalue weighted by Crippen LogP contribution is -2.62. The molecule has 1 fully saturated rings. The van der Waals surface area contributed by atoms with Crippen molar-refractivity contribution in [3.8, 4) is 0 Å². The Labute approximate surface area is 389 Å². The summed E-state index contributed by atoms with van der Waals surface area (Å²) >= 11 is 0. The molecule has 1 aromatic heterocycles. The first-order valence-corrected chi connectivity index (χ1v) is 21.9. The first-order valence-electron chi connectivity index (χ1n) is 21.9. The van der Waals surface area contributed by atoms with Crippen molar-refractivity contribution in [2.45, 2.75) is 122 Å². The van der Waals surface area contributed by atoms with Gasteiger partial charge in [0.2, 0.25) is 17.7 Å². The zero-order valence-corrected chi connectivity index (χ0v) is 39.0. The summed E-state index contributed by atoms with van der Waals surface area (Å²) in [5.41, 5.74) is -1.29. The fraction of sp³-hybridized carbons (Fsp3) is 0.408. The minimum absolute atomic E-state index is 0.134. The maximum Gasteiger partial charge on any atom is 0.408 e. The number of ether oxygens (including phenoxy) is 2. The predicted octanol–water partition coefficient (Wildman–Crippen LogP) is 4.38. The summed E-state index contributed by atoms with van der Waals surface area (Å²) in [5.74, 6) is -5.85. The molecule has 4 aromatic rings. The van der Waals surface area contributed by atoms with Gasteiger partial charge in [-0.25, -0.2) is 14.6 Å². The molecule has 18 nitrogen and oxygen atoms in total. The van der Waals surface area contributed by atoms with E-state index in [2.05, 4.69) is 21.3 Å². The van der Waals surface area contributed by atoms with Crippen molar-refractivity contribution in [1.82, 2.24) is 35.9 Å². The maximum atomic E-state index is 14.3. The average Bonchev–Trinajstić information content (AvgIpc) is 3.85. The molecule has 0 radical (unpaired) electrons. The summed E-state index contributed by atoms with van der Waals surface area (Å²) in [6, 6.07) is 26.8. The highest BCUT2D eigenvalue weighted by atomic mass is 16.7. The molecule has 4 N–H and O–H groups in total. The Morgan fingerprint density at radius 2 is 1.16 bits per heavy atom. The van der Waals surface area contributed by atoms with Crippen molar-refractivity contribution < 1.29 is 52.7 Å². The van der Waals surface area contributed by atoms with Crippen LogP contribution in [0.2, 0.25) is 0 Å². The smallest absolute Gasteiger partial charge is 0.408 e. The largest absolute Gasteiger partial charge is 0.460 e. The quantitative estimate of drug-likeness (QED) is 0.0619. The van der Waals surface area contributed by atoms with Crippen molar-refractivity contribution >= 4 is 47.6 Å². The molecular formula is C49H59N7O11. The Morgan fingerprint density at radius 1 is 0.657 bits per heavy atom. The van der Waals surface area contributed by atoms with Crippen molar-refractivity contribution in [1.29, 1.82) is 0 Å². The predicted molar refractivity (Wildman–Crippen MR) is 243 cm³/mol. The van der Waals surface area contributed by atoms with E-state index in [0.29, 0.717) is 10.8 Å². The number of carbonyl (C=O) groups is 8. The van der Waals surface area contributed by atoms with Gasteiger partial charge in [-0.3, -0.25) is 28.8 Å². The highest BCUT2D eigenvalue weighted by Gasteiger charge is 2.40. The van der Waals surface area contributed by atoms with E-state index in [1.807, 2.05) is 95.6 Å². The van der Waals surface area contributed by atoms with Gasteiger partial charge in [0.15, 0.2) is 0 Å². The number of alkyl carbamates (subject to hydrolysis) is 1. The number of rotatable bonds is 18. The third-order valence-electron chi connectivity index (χ3n) is 10.3. The Hall–Kier alpha value is -7.37. The highest BCUT2D eigenvalue weighted by molar-refractivity contribution is 6.02. The number of benzene rings is 3. The number of imide groups is 1. The number of aromatic nitrogens is 2. The lowest BCUT2D eigenvalue weighted by molar-refractivity contribution is -0.196. The van der Waals surface area contributed by atoms with Crippen LogP contribution in [0.15, 0.2) is 104 Å². The van der Waals surface area contributed by atoms with Gasteiger partial charge in [0, 0.05) is 31.9 Å². The molecule has 0 aliphatic carbocycles. The Balaban J connectivity index is 1.40. The van der Waals surface area contributed by atoms with E-state index in [9.17, 15) is 38.4 Å². The fourth-order valence-electron chi connectivity index (χ4n) is 7.29. The van der Waals surface area contributed by atoms with Gasteiger partial charge in [0.05, 0.1) is 12.0 Å². The maximum absolute atomic E-state index is 14.3. The lowest BCUT2D eigenvalue weighted by Gasteiger charge is -2.37. The van der Waals surface area contributed by atoms with Crippen LogP contribution in [0.1, 0.15) is 103 Å². The second kappa shape index (κ2) is 21.3. The zero-order chi connectivity index (χ0) is 49.2. The average molecular weight is 922 g/mol. The van der Waals surface area contributed by atoms with Crippen LogP contribution in [0.5, 0.6) is 0 Å². The minimum atomic E-state index is -1.77. The van der Waals surface area contributed by atoms with Crippen LogP contribution >= 0.6 is 0 Å². The van der Waals surface area contributed by atoms with E-state index in [1.54, 1.807) is 54.1 Å². The lowest BCUT2D eigenvalue weighted by atomic mass is 9.77. The number of carbonyl (C=O) groups excluding carboxylic acids is 8. The van der Waals surface area contributed by atoms with Crippen LogP contribution < -0.4 is 21.3 Å². The molecule has 1 aliphatic heterocycles. The molecule has 6 amide bonds. The SMILES string of the molecule is CC(C)(C)OC(=O)CC[C@H](NC(=O)C(C)(C)NC(=O)[C@H](Cc1cn(C(c2ccccc2)(c2ccccc2)c2ccccc2)cn1)NC(=O)OC(C)(C)C)C(=O)NCC(=O)ON1C(=O)CCC1=O. The number of nitrogens with zero attached hydrogens (tertiary/aromatic N) is 3. The van der Waals surface area contributed by atoms with Crippen LogP contribution in [0, 0.1) is 0 Å². The molecular weight excluding hydrogens is 863 g/mol. The van der Waals surface area contributed by atoms with E-state index in [4.69, 9.17) is 19.3 Å². The molecule has 67 heavy (non-hydrogen) atoms. The molecule has 3 aromatic carbocycles. The van der Waals surface area contributed by atoms with Gasteiger partial charge in [0.25, 0.3) is 11.8 Å². The summed E-state index contributed by atoms with van der Waals surface area (Å²) in [4.78, 5) is 114. The van der Waals surface area contributed by atoms with Crippen LogP contribution in [0.4, 0.5) is 4.79 Å². The minimum Gasteiger partial charge on any atom is -0.460 e. The molecule has 0 saturated carbocycles. The van der Waals surface area contributed by atoms with Crippen LogP contribution in [0.3, 0.4) is 0 Å². The highest BCUT2D eigenvalue weighted by Crippen LogP contribution is 2.41. The van der Waals surface area contributed by atoms with Crippen LogP contribution in [0.25, 0.3) is 0 Å². The monoisotopic (exact) mass is 921 g/mol. The van der Waals surface area contributed by atoms with Gasteiger partial charge in [0.1, 0.15) is 40.9 Å². The molecule has 1 saturated heterocycles. The summed E-state index contributed by atoms with van der Waals surface area (Å²) in [5, 5.41) is 10.5. The summed E-state index contributed by atoms with van der Waals surface area (Å²) in [6.45, 7) is 11.9. The fourth-order valence-corrected chi connectivity index (χ4v) is 7.29. The van der Waals surface area contributed by atoms with Crippen molar-refractivity contribution in [3.05, 3.63) is 126 Å².